The number of hydrogen-bond acceptors (Lipinski definition) is 3. The van der Waals surface area contributed by atoms with Gasteiger partial charge in [0.05, 0.1) is 0 Å². The first-order chi connectivity index (χ1) is 11.9. The highest BCUT2D eigenvalue weighted by atomic mass is 16.1. The predicted molar refractivity (Wildman–Crippen MR) is 108 cm³/mol. The lowest BCUT2D eigenvalue weighted by Gasteiger charge is -2.22. The van der Waals surface area contributed by atoms with Crippen LogP contribution in [0.3, 0.4) is 0 Å². The van der Waals surface area contributed by atoms with Gasteiger partial charge in [0.2, 0.25) is 5.91 Å². The molecular formula is C21H29N3O. The maximum Gasteiger partial charge on any atom is 0.226 e. The van der Waals surface area contributed by atoms with Crippen LogP contribution >= 0.6 is 0 Å². The number of nitrogens with zero attached hydrogens (tertiary/aromatic N) is 1. The Balaban J connectivity index is 2.08. The Labute approximate surface area is 151 Å². The number of anilines is 4. The third kappa shape index (κ3) is 4.99. The Hall–Kier alpha value is -2.49. The molecule has 0 spiro atoms. The summed E-state index contributed by atoms with van der Waals surface area (Å²) < 4.78 is 0. The minimum atomic E-state index is -0.0234. The van der Waals surface area contributed by atoms with Crippen LogP contribution in [0, 0.1) is 12.8 Å². The van der Waals surface area contributed by atoms with Crippen LogP contribution in [-0.2, 0) is 4.79 Å². The summed E-state index contributed by atoms with van der Waals surface area (Å²) in [7, 11) is 0. The van der Waals surface area contributed by atoms with Crippen LogP contribution in [0.5, 0.6) is 0 Å². The summed E-state index contributed by atoms with van der Waals surface area (Å²) in [6.45, 7) is 12.2. The van der Waals surface area contributed by atoms with Gasteiger partial charge in [-0.25, -0.2) is 0 Å². The highest BCUT2D eigenvalue weighted by molar-refractivity contribution is 5.92. The molecule has 0 aliphatic rings. The second-order valence-electron chi connectivity index (χ2n) is 6.52. The average molecular weight is 339 g/mol. The van der Waals surface area contributed by atoms with Gasteiger partial charge in [0.15, 0.2) is 0 Å². The summed E-state index contributed by atoms with van der Waals surface area (Å²) in [5.41, 5.74) is 5.37. The van der Waals surface area contributed by atoms with E-state index >= 15 is 0 Å². The van der Waals surface area contributed by atoms with Crippen LogP contribution in [-0.4, -0.2) is 19.0 Å². The molecule has 2 aromatic rings. The van der Waals surface area contributed by atoms with Crippen molar-refractivity contribution in [2.45, 2.75) is 34.6 Å². The number of benzene rings is 2. The molecule has 0 atom stereocenters. The molecule has 4 heteroatoms. The van der Waals surface area contributed by atoms with Gasteiger partial charge < -0.3 is 15.5 Å². The molecule has 0 bridgehead atoms. The third-order valence-corrected chi connectivity index (χ3v) is 4.29. The number of carbonyl (C=O) groups excluding carboxylic acids is 1. The topological polar surface area (TPSA) is 44.4 Å². The number of hydrogen-bond donors (Lipinski definition) is 2. The van der Waals surface area contributed by atoms with Crippen LogP contribution in [0.4, 0.5) is 22.7 Å². The van der Waals surface area contributed by atoms with Crippen molar-refractivity contribution in [3.05, 3.63) is 48.0 Å². The van der Waals surface area contributed by atoms with E-state index in [1.54, 1.807) is 0 Å². The van der Waals surface area contributed by atoms with Crippen LogP contribution in [0.25, 0.3) is 0 Å². The maximum atomic E-state index is 11.7. The monoisotopic (exact) mass is 339 g/mol. The van der Waals surface area contributed by atoms with Crippen molar-refractivity contribution in [2.24, 2.45) is 5.92 Å². The molecule has 2 aromatic carbocycles. The molecule has 0 unspecified atom stereocenters. The van der Waals surface area contributed by atoms with Crippen molar-refractivity contribution >= 4 is 28.7 Å². The van der Waals surface area contributed by atoms with Gasteiger partial charge in [-0.2, -0.15) is 0 Å². The number of aryl methyl sites for hydroxylation is 1. The molecule has 0 fully saturated rings. The first kappa shape index (κ1) is 18.8. The number of rotatable bonds is 7. The molecule has 134 valence electrons. The van der Waals surface area contributed by atoms with E-state index < -0.39 is 0 Å². The molecule has 0 radical (unpaired) electrons. The SMILES string of the molecule is CCN(CC)c1ccc(Nc2ccc(NC(=O)C(C)C)cc2)c(C)c1. The van der Waals surface area contributed by atoms with Crippen LogP contribution in [0.2, 0.25) is 0 Å². The number of nitrogens with one attached hydrogen (secondary N) is 2. The van der Waals surface area contributed by atoms with E-state index in [0.717, 1.165) is 30.2 Å². The second kappa shape index (κ2) is 8.56. The van der Waals surface area contributed by atoms with Crippen molar-refractivity contribution in [1.82, 2.24) is 0 Å². The zero-order chi connectivity index (χ0) is 18.4. The molecular weight excluding hydrogens is 310 g/mol. The molecule has 0 heterocycles. The summed E-state index contributed by atoms with van der Waals surface area (Å²) in [5.74, 6) is 0.00770. The molecule has 25 heavy (non-hydrogen) atoms. The fourth-order valence-electron chi connectivity index (χ4n) is 2.65. The molecule has 0 saturated heterocycles. The van der Waals surface area contributed by atoms with E-state index in [4.69, 9.17) is 0 Å². The van der Waals surface area contributed by atoms with E-state index in [1.807, 2.05) is 38.1 Å². The lowest BCUT2D eigenvalue weighted by molar-refractivity contribution is -0.118. The minimum absolute atomic E-state index is 0.0234. The fraction of sp³-hybridized carbons (Fsp3) is 0.381. The van der Waals surface area contributed by atoms with Gasteiger partial charge in [0.1, 0.15) is 0 Å². The largest absolute Gasteiger partial charge is 0.372 e. The summed E-state index contributed by atoms with van der Waals surface area (Å²) in [5, 5.41) is 6.35. The predicted octanol–water partition coefficient (Wildman–Crippen LogP) is 5.18. The molecule has 0 saturated carbocycles. The van der Waals surface area contributed by atoms with E-state index in [9.17, 15) is 4.79 Å². The zero-order valence-corrected chi connectivity index (χ0v) is 15.9. The molecule has 2 N–H and O–H groups in total. The first-order valence-corrected chi connectivity index (χ1v) is 8.98. The standard InChI is InChI=1S/C21H29N3O/c1-6-24(7-2)19-12-13-20(16(5)14-19)22-17-8-10-18(11-9-17)23-21(25)15(3)4/h8-15,22H,6-7H2,1-5H3,(H,23,25). The molecule has 0 aliphatic carbocycles. The Kier molecular flexibility index (Phi) is 6.45. The minimum Gasteiger partial charge on any atom is -0.372 e. The summed E-state index contributed by atoms with van der Waals surface area (Å²) in [6.07, 6.45) is 0. The number of amides is 1. The van der Waals surface area contributed by atoms with Gasteiger partial charge in [-0.3, -0.25) is 4.79 Å². The van der Waals surface area contributed by atoms with Gasteiger partial charge in [-0.1, -0.05) is 13.8 Å². The van der Waals surface area contributed by atoms with E-state index in [0.29, 0.717) is 0 Å². The first-order valence-electron chi connectivity index (χ1n) is 8.98. The van der Waals surface area contributed by atoms with Crippen molar-refractivity contribution < 1.29 is 4.79 Å². The Morgan fingerprint density at radius 1 is 1.00 bits per heavy atom. The normalized spacial score (nSPS) is 10.6. The molecule has 4 nitrogen and oxygen atoms in total. The van der Waals surface area contributed by atoms with Gasteiger partial charge in [0.25, 0.3) is 0 Å². The highest BCUT2D eigenvalue weighted by Crippen LogP contribution is 2.26. The van der Waals surface area contributed by atoms with E-state index in [-0.39, 0.29) is 11.8 Å². The van der Waals surface area contributed by atoms with E-state index in [1.165, 1.54) is 11.3 Å². The Bertz CT molecular complexity index is 704. The van der Waals surface area contributed by atoms with Crippen LogP contribution in [0.1, 0.15) is 33.3 Å². The fourth-order valence-corrected chi connectivity index (χ4v) is 2.65. The second-order valence-corrected chi connectivity index (χ2v) is 6.52. The van der Waals surface area contributed by atoms with Crippen molar-refractivity contribution in [1.29, 1.82) is 0 Å². The van der Waals surface area contributed by atoms with Crippen LogP contribution < -0.4 is 15.5 Å². The van der Waals surface area contributed by atoms with Crippen LogP contribution in [0.15, 0.2) is 42.5 Å². The third-order valence-electron chi connectivity index (χ3n) is 4.29. The van der Waals surface area contributed by atoms with Gasteiger partial charge in [-0.15, -0.1) is 0 Å². The van der Waals surface area contributed by atoms with Gasteiger partial charge in [-0.05, 0) is 68.8 Å². The van der Waals surface area contributed by atoms with Crippen molar-refractivity contribution in [3.8, 4) is 0 Å². The van der Waals surface area contributed by atoms with E-state index in [2.05, 4.69) is 54.5 Å². The molecule has 0 aliphatic heterocycles. The Morgan fingerprint density at radius 3 is 2.12 bits per heavy atom. The lowest BCUT2D eigenvalue weighted by Crippen LogP contribution is -2.21. The van der Waals surface area contributed by atoms with Crippen molar-refractivity contribution in [3.63, 3.8) is 0 Å². The number of carbonyl (C=O) groups is 1. The smallest absolute Gasteiger partial charge is 0.226 e. The zero-order valence-electron chi connectivity index (χ0n) is 15.9. The average Bonchev–Trinajstić information content (AvgIpc) is 2.59. The maximum absolute atomic E-state index is 11.7. The summed E-state index contributed by atoms with van der Waals surface area (Å²) >= 11 is 0. The molecule has 2 rings (SSSR count). The highest BCUT2D eigenvalue weighted by Gasteiger charge is 2.08. The van der Waals surface area contributed by atoms with Gasteiger partial charge in [0, 0.05) is 41.8 Å². The van der Waals surface area contributed by atoms with Gasteiger partial charge >= 0.3 is 0 Å². The summed E-state index contributed by atoms with van der Waals surface area (Å²) in [4.78, 5) is 14.1. The Morgan fingerprint density at radius 2 is 1.60 bits per heavy atom. The quantitative estimate of drug-likeness (QED) is 0.730. The molecule has 1 amide bonds. The lowest BCUT2D eigenvalue weighted by atomic mass is 10.1. The van der Waals surface area contributed by atoms with Crippen molar-refractivity contribution in [2.75, 3.05) is 28.6 Å². The summed E-state index contributed by atoms with van der Waals surface area (Å²) in [6, 6.07) is 14.3. The molecule has 0 aromatic heterocycles.